The molecule has 3 rings (SSSR count). The fourth-order valence-corrected chi connectivity index (χ4v) is 3.44. The molecule has 29 heavy (non-hydrogen) atoms. The highest BCUT2D eigenvalue weighted by molar-refractivity contribution is 5.82. The monoisotopic (exact) mass is 387 g/mol. The van der Waals surface area contributed by atoms with Crippen molar-refractivity contribution in [3.63, 3.8) is 0 Å². The number of amides is 1. The van der Waals surface area contributed by atoms with E-state index in [1.165, 1.54) is 0 Å². The molecule has 0 aliphatic heterocycles. The van der Waals surface area contributed by atoms with Crippen molar-refractivity contribution in [3.8, 4) is 5.75 Å². The van der Waals surface area contributed by atoms with Crippen LogP contribution in [0.15, 0.2) is 72.8 Å². The summed E-state index contributed by atoms with van der Waals surface area (Å²) in [7, 11) is 0. The van der Waals surface area contributed by atoms with Crippen molar-refractivity contribution in [2.45, 2.75) is 46.3 Å². The van der Waals surface area contributed by atoms with Crippen molar-refractivity contribution in [1.29, 1.82) is 0 Å². The normalized spacial score (nSPS) is 12.8. The number of benzene rings is 3. The maximum absolute atomic E-state index is 13.2. The fraction of sp³-hybridized carbons (Fsp3) is 0.269. The predicted octanol–water partition coefficient (Wildman–Crippen LogP) is 5.68. The van der Waals surface area contributed by atoms with Gasteiger partial charge in [-0.05, 0) is 61.1 Å². The van der Waals surface area contributed by atoms with Gasteiger partial charge in [0.05, 0.1) is 6.04 Å². The Bertz CT molecular complexity index is 965. The number of aryl methyl sites for hydroxylation is 3. The third-order valence-electron chi connectivity index (χ3n) is 5.20. The third-order valence-corrected chi connectivity index (χ3v) is 5.20. The van der Waals surface area contributed by atoms with Gasteiger partial charge in [-0.1, -0.05) is 73.7 Å². The van der Waals surface area contributed by atoms with Gasteiger partial charge >= 0.3 is 0 Å². The van der Waals surface area contributed by atoms with Crippen LogP contribution in [0.2, 0.25) is 0 Å². The zero-order valence-electron chi connectivity index (χ0n) is 17.6. The third kappa shape index (κ3) is 5.05. The summed E-state index contributed by atoms with van der Waals surface area (Å²) in [6.07, 6.45) is 0.0415. The van der Waals surface area contributed by atoms with Gasteiger partial charge in [0.2, 0.25) is 0 Å². The van der Waals surface area contributed by atoms with E-state index in [1.807, 2.05) is 81.4 Å². The summed E-state index contributed by atoms with van der Waals surface area (Å²) < 4.78 is 6.13. The zero-order chi connectivity index (χ0) is 20.8. The van der Waals surface area contributed by atoms with E-state index in [4.69, 9.17) is 4.74 Å². The van der Waals surface area contributed by atoms with E-state index in [0.29, 0.717) is 6.42 Å². The fourth-order valence-electron chi connectivity index (χ4n) is 3.44. The summed E-state index contributed by atoms with van der Waals surface area (Å²) in [4.78, 5) is 13.2. The first-order valence-electron chi connectivity index (χ1n) is 10.1. The lowest BCUT2D eigenvalue weighted by atomic mass is 9.94. The van der Waals surface area contributed by atoms with E-state index in [0.717, 1.165) is 33.6 Å². The molecular weight excluding hydrogens is 358 g/mol. The van der Waals surface area contributed by atoms with E-state index in [1.54, 1.807) is 0 Å². The van der Waals surface area contributed by atoms with Gasteiger partial charge in [-0.15, -0.1) is 0 Å². The molecule has 0 aromatic heterocycles. The van der Waals surface area contributed by atoms with Crippen LogP contribution in [0.3, 0.4) is 0 Å². The molecule has 0 unspecified atom stereocenters. The number of carbonyl (C=O) groups is 1. The first-order chi connectivity index (χ1) is 14.0. The van der Waals surface area contributed by atoms with Crippen LogP contribution in [0.25, 0.3) is 0 Å². The Morgan fingerprint density at radius 1 is 0.897 bits per heavy atom. The van der Waals surface area contributed by atoms with Gasteiger partial charge in [-0.2, -0.15) is 0 Å². The summed E-state index contributed by atoms with van der Waals surface area (Å²) in [5.41, 5.74) is 5.43. The molecule has 1 amide bonds. The van der Waals surface area contributed by atoms with Crippen LogP contribution < -0.4 is 10.1 Å². The minimum absolute atomic E-state index is 0.106. The molecule has 0 aliphatic carbocycles. The molecule has 0 saturated heterocycles. The molecule has 0 heterocycles. The Kier molecular flexibility index (Phi) is 6.71. The minimum atomic E-state index is -0.550. The predicted molar refractivity (Wildman–Crippen MR) is 118 cm³/mol. The quantitative estimate of drug-likeness (QED) is 0.567. The summed E-state index contributed by atoms with van der Waals surface area (Å²) in [6.45, 7) is 8.07. The Morgan fingerprint density at radius 3 is 2.28 bits per heavy atom. The van der Waals surface area contributed by atoms with E-state index >= 15 is 0 Å². The maximum atomic E-state index is 13.2. The van der Waals surface area contributed by atoms with Crippen LogP contribution in [-0.4, -0.2) is 12.0 Å². The van der Waals surface area contributed by atoms with Crippen LogP contribution >= 0.6 is 0 Å². The van der Waals surface area contributed by atoms with Crippen LogP contribution in [0.4, 0.5) is 0 Å². The highest BCUT2D eigenvalue weighted by Gasteiger charge is 2.25. The summed E-state index contributed by atoms with van der Waals surface area (Å²) in [5.74, 6) is 0.657. The van der Waals surface area contributed by atoms with E-state index < -0.39 is 6.10 Å². The molecule has 3 aromatic carbocycles. The van der Waals surface area contributed by atoms with Crippen molar-refractivity contribution < 1.29 is 9.53 Å². The van der Waals surface area contributed by atoms with E-state index in [-0.39, 0.29) is 11.9 Å². The molecule has 150 valence electrons. The summed E-state index contributed by atoms with van der Waals surface area (Å²) in [6, 6.07) is 24.1. The van der Waals surface area contributed by atoms with Crippen molar-refractivity contribution in [2.24, 2.45) is 0 Å². The van der Waals surface area contributed by atoms with Crippen molar-refractivity contribution >= 4 is 5.91 Å². The van der Waals surface area contributed by atoms with Gasteiger partial charge < -0.3 is 10.1 Å². The zero-order valence-corrected chi connectivity index (χ0v) is 17.6. The molecule has 0 bridgehead atoms. The smallest absolute Gasteiger partial charge is 0.261 e. The second-order valence-corrected chi connectivity index (χ2v) is 7.49. The highest BCUT2D eigenvalue weighted by atomic mass is 16.5. The van der Waals surface area contributed by atoms with Crippen molar-refractivity contribution in [1.82, 2.24) is 5.32 Å². The van der Waals surface area contributed by atoms with Gasteiger partial charge in [0.25, 0.3) is 5.91 Å². The average molecular weight is 388 g/mol. The molecule has 0 saturated carbocycles. The lowest BCUT2D eigenvalue weighted by molar-refractivity contribution is -0.128. The van der Waals surface area contributed by atoms with Gasteiger partial charge in [-0.25, -0.2) is 0 Å². The summed E-state index contributed by atoms with van der Waals surface area (Å²) in [5, 5.41) is 3.23. The first kappa shape index (κ1) is 20.7. The van der Waals surface area contributed by atoms with E-state index in [9.17, 15) is 4.79 Å². The maximum Gasteiger partial charge on any atom is 0.261 e. The van der Waals surface area contributed by atoms with Gasteiger partial charge in [-0.3, -0.25) is 4.79 Å². The minimum Gasteiger partial charge on any atom is -0.480 e. The number of ether oxygens (including phenoxy) is 1. The Labute approximate surface area is 173 Å². The number of carbonyl (C=O) groups excluding carboxylic acids is 1. The van der Waals surface area contributed by atoms with Crippen LogP contribution in [-0.2, 0) is 4.79 Å². The molecule has 1 N–H and O–H groups in total. The average Bonchev–Trinajstić information content (AvgIpc) is 2.73. The number of nitrogens with one attached hydrogen (secondary N) is 1. The second kappa shape index (κ2) is 9.42. The highest BCUT2D eigenvalue weighted by Crippen LogP contribution is 2.26. The lowest BCUT2D eigenvalue weighted by Gasteiger charge is -2.25. The van der Waals surface area contributed by atoms with Crippen molar-refractivity contribution in [2.75, 3.05) is 0 Å². The van der Waals surface area contributed by atoms with Gasteiger partial charge in [0.1, 0.15) is 5.75 Å². The number of rotatable bonds is 7. The van der Waals surface area contributed by atoms with Crippen LogP contribution in [0.1, 0.15) is 47.2 Å². The Morgan fingerprint density at radius 2 is 1.59 bits per heavy atom. The largest absolute Gasteiger partial charge is 0.480 e. The van der Waals surface area contributed by atoms with Gasteiger partial charge in [0, 0.05) is 0 Å². The molecule has 0 spiro atoms. The molecule has 0 radical (unpaired) electrons. The molecule has 2 atom stereocenters. The molecule has 0 aliphatic rings. The molecule has 3 aromatic rings. The SMILES string of the molecule is CC[C@@H](Oc1cc(C)ccc1C)C(=O)N[C@H](c1ccccc1)c1ccccc1C. The van der Waals surface area contributed by atoms with Gasteiger partial charge in [0.15, 0.2) is 6.10 Å². The second-order valence-electron chi connectivity index (χ2n) is 7.49. The van der Waals surface area contributed by atoms with Crippen molar-refractivity contribution in [3.05, 3.63) is 101 Å². The first-order valence-corrected chi connectivity index (χ1v) is 10.1. The van der Waals surface area contributed by atoms with Crippen LogP contribution in [0, 0.1) is 20.8 Å². The van der Waals surface area contributed by atoms with E-state index in [2.05, 4.69) is 24.4 Å². The Balaban J connectivity index is 1.87. The number of hydrogen-bond acceptors (Lipinski definition) is 2. The molecular formula is C26H29NO2. The summed E-state index contributed by atoms with van der Waals surface area (Å²) >= 11 is 0. The molecule has 3 nitrogen and oxygen atoms in total. The lowest BCUT2D eigenvalue weighted by Crippen LogP contribution is -2.40. The topological polar surface area (TPSA) is 38.3 Å². The molecule has 0 fully saturated rings. The van der Waals surface area contributed by atoms with Crippen LogP contribution in [0.5, 0.6) is 5.75 Å². The standard InChI is InChI=1S/C26H29NO2/c1-5-23(29-24-17-18(2)15-16-20(24)4)26(28)27-25(21-12-7-6-8-13-21)22-14-10-9-11-19(22)3/h6-17,23,25H,5H2,1-4H3,(H,27,28)/t23-,25-/m1/s1. The Hall–Kier alpha value is -3.07. The molecule has 3 heteroatoms. The number of hydrogen-bond donors (Lipinski definition) is 1.